The third kappa shape index (κ3) is 2.98. The first-order valence-corrected chi connectivity index (χ1v) is 6.30. The van der Waals surface area contributed by atoms with Gasteiger partial charge in [-0.25, -0.2) is 9.78 Å². The highest BCUT2D eigenvalue weighted by Gasteiger charge is 2.08. The normalized spacial score (nSPS) is 10.2. The maximum Gasteiger partial charge on any atom is 0.337 e. The van der Waals surface area contributed by atoms with Gasteiger partial charge in [0.1, 0.15) is 0 Å². The lowest BCUT2D eigenvalue weighted by atomic mass is 10.1. The van der Waals surface area contributed by atoms with Gasteiger partial charge in [-0.1, -0.05) is 0 Å². The summed E-state index contributed by atoms with van der Waals surface area (Å²) in [4.78, 5) is 15.1. The highest BCUT2D eigenvalue weighted by Crippen LogP contribution is 2.18. The number of rotatable bonds is 5. The molecule has 4 N–H and O–H groups in total. The summed E-state index contributed by atoms with van der Waals surface area (Å²) in [5, 5.41) is 15.1. The van der Waals surface area contributed by atoms with E-state index in [9.17, 15) is 4.79 Å². The second-order valence-electron chi connectivity index (χ2n) is 3.71. The van der Waals surface area contributed by atoms with Crippen molar-refractivity contribution in [2.75, 3.05) is 17.6 Å². The third-order valence-corrected chi connectivity index (χ3v) is 3.27. The molecule has 0 aliphatic heterocycles. The van der Waals surface area contributed by atoms with Crippen molar-refractivity contribution in [2.24, 2.45) is 0 Å². The number of nitrogens with two attached hydrogens (primary N) is 1. The predicted octanol–water partition coefficient (Wildman–Crippen LogP) is 2.08. The zero-order chi connectivity index (χ0) is 13.0. The van der Waals surface area contributed by atoms with Crippen molar-refractivity contribution in [3.05, 3.63) is 40.3 Å². The number of thiazole rings is 1. The first-order valence-electron chi connectivity index (χ1n) is 5.42. The number of anilines is 2. The van der Waals surface area contributed by atoms with Crippen LogP contribution in [0.3, 0.4) is 0 Å². The summed E-state index contributed by atoms with van der Waals surface area (Å²) in [7, 11) is 0. The molecule has 18 heavy (non-hydrogen) atoms. The smallest absolute Gasteiger partial charge is 0.337 e. The SMILES string of the molecule is Nc1ccc(NCCc2nccs2)cc1C(=O)O. The largest absolute Gasteiger partial charge is 0.478 e. The quantitative estimate of drug-likeness (QED) is 0.719. The van der Waals surface area contributed by atoms with Crippen LogP contribution in [-0.2, 0) is 6.42 Å². The molecule has 0 amide bonds. The molecule has 0 radical (unpaired) electrons. The summed E-state index contributed by atoms with van der Waals surface area (Å²) in [5.74, 6) is -1.02. The Bertz CT molecular complexity index is 540. The lowest BCUT2D eigenvalue weighted by Gasteiger charge is -2.07. The molecule has 5 nitrogen and oxygen atoms in total. The van der Waals surface area contributed by atoms with Gasteiger partial charge >= 0.3 is 5.97 Å². The van der Waals surface area contributed by atoms with Crippen LogP contribution >= 0.6 is 11.3 Å². The van der Waals surface area contributed by atoms with Crippen molar-refractivity contribution in [1.82, 2.24) is 4.98 Å². The van der Waals surface area contributed by atoms with Crippen molar-refractivity contribution < 1.29 is 9.90 Å². The first kappa shape index (κ1) is 12.4. The summed E-state index contributed by atoms with van der Waals surface area (Å²) in [6.45, 7) is 0.705. The molecule has 1 aromatic heterocycles. The van der Waals surface area contributed by atoms with Crippen molar-refractivity contribution in [3.8, 4) is 0 Å². The van der Waals surface area contributed by atoms with E-state index in [2.05, 4.69) is 10.3 Å². The summed E-state index contributed by atoms with van der Waals surface area (Å²) < 4.78 is 0. The third-order valence-electron chi connectivity index (χ3n) is 2.44. The highest BCUT2D eigenvalue weighted by molar-refractivity contribution is 7.09. The predicted molar refractivity (Wildman–Crippen MR) is 72.1 cm³/mol. The van der Waals surface area contributed by atoms with Crippen molar-refractivity contribution in [1.29, 1.82) is 0 Å². The molecule has 0 saturated carbocycles. The van der Waals surface area contributed by atoms with Gasteiger partial charge in [0.25, 0.3) is 0 Å². The van der Waals surface area contributed by atoms with Gasteiger partial charge in [0.15, 0.2) is 0 Å². The van der Waals surface area contributed by atoms with Crippen LogP contribution in [0, 0.1) is 0 Å². The molecule has 0 aliphatic carbocycles. The Morgan fingerprint density at radius 3 is 3.00 bits per heavy atom. The fraction of sp³-hybridized carbons (Fsp3) is 0.167. The van der Waals surface area contributed by atoms with Gasteiger partial charge in [-0.15, -0.1) is 11.3 Å². The first-order chi connectivity index (χ1) is 8.66. The second-order valence-corrected chi connectivity index (χ2v) is 4.69. The van der Waals surface area contributed by atoms with Crippen LogP contribution in [0.15, 0.2) is 29.8 Å². The van der Waals surface area contributed by atoms with Gasteiger partial charge in [-0.3, -0.25) is 0 Å². The van der Waals surface area contributed by atoms with E-state index in [1.165, 1.54) is 0 Å². The number of hydrogen-bond donors (Lipinski definition) is 3. The zero-order valence-corrected chi connectivity index (χ0v) is 10.4. The number of aromatic nitrogens is 1. The molecule has 0 fully saturated rings. The number of hydrogen-bond acceptors (Lipinski definition) is 5. The monoisotopic (exact) mass is 263 g/mol. The van der Waals surface area contributed by atoms with Crippen molar-refractivity contribution in [2.45, 2.75) is 6.42 Å². The van der Waals surface area contributed by atoms with Gasteiger partial charge < -0.3 is 16.2 Å². The number of carboxylic acid groups (broad SMARTS) is 1. The lowest BCUT2D eigenvalue weighted by molar-refractivity contribution is 0.0698. The summed E-state index contributed by atoms with van der Waals surface area (Å²) in [6.07, 6.45) is 2.58. The maximum absolute atomic E-state index is 10.9. The number of aromatic carboxylic acids is 1. The minimum absolute atomic E-state index is 0.120. The second kappa shape index (κ2) is 5.50. The molecule has 0 unspecified atom stereocenters. The molecule has 94 valence electrons. The van der Waals surface area contributed by atoms with Crippen LogP contribution in [0.2, 0.25) is 0 Å². The van der Waals surface area contributed by atoms with Crippen LogP contribution in [0.5, 0.6) is 0 Å². The number of nitrogens with zero attached hydrogens (tertiary/aromatic N) is 1. The van der Waals surface area contributed by atoms with E-state index in [0.29, 0.717) is 6.54 Å². The molecule has 0 bridgehead atoms. The molecule has 1 heterocycles. The minimum atomic E-state index is -1.02. The topological polar surface area (TPSA) is 88.2 Å². The maximum atomic E-state index is 10.9. The number of nitrogen functional groups attached to an aromatic ring is 1. The van der Waals surface area contributed by atoms with Gasteiger partial charge in [0.2, 0.25) is 0 Å². The number of nitrogens with one attached hydrogen (secondary N) is 1. The van der Waals surface area contributed by atoms with E-state index >= 15 is 0 Å². The molecule has 0 saturated heterocycles. The molecule has 2 rings (SSSR count). The molecule has 2 aromatic rings. The molecular formula is C12H13N3O2S. The summed E-state index contributed by atoms with van der Waals surface area (Å²) in [5.41, 5.74) is 6.72. The Labute approximate surface area is 108 Å². The molecular weight excluding hydrogens is 250 g/mol. The molecule has 0 atom stereocenters. The molecule has 0 spiro atoms. The van der Waals surface area contributed by atoms with E-state index in [0.717, 1.165) is 17.1 Å². The van der Waals surface area contributed by atoms with Crippen LogP contribution in [-0.4, -0.2) is 22.6 Å². The van der Waals surface area contributed by atoms with Crippen molar-refractivity contribution in [3.63, 3.8) is 0 Å². The Morgan fingerprint density at radius 2 is 2.33 bits per heavy atom. The van der Waals surface area contributed by atoms with Gasteiger partial charge in [-0.2, -0.15) is 0 Å². The molecule has 6 heteroatoms. The van der Waals surface area contributed by atoms with Gasteiger partial charge in [0, 0.05) is 35.9 Å². The van der Waals surface area contributed by atoms with E-state index < -0.39 is 5.97 Å². The van der Waals surface area contributed by atoms with Crippen LogP contribution in [0.1, 0.15) is 15.4 Å². The Kier molecular flexibility index (Phi) is 3.78. The molecule has 1 aromatic carbocycles. The van der Waals surface area contributed by atoms with E-state index in [4.69, 9.17) is 10.8 Å². The number of carbonyl (C=O) groups is 1. The van der Waals surface area contributed by atoms with E-state index in [1.807, 2.05) is 5.38 Å². The van der Waals surface area contributed by atoms with Crippen molar-refractivity contribution >= 4 is 28.7 Å². The fourth-order valence-corrected chi connectivity index (χ4v) is 2.16. The Balaban J connectivity index is 1.97. The molecule has 0 aliphatic rings. The Hall–Kier alpha value is -2.08. The highest BCUT2D eigenvalue weighted by atomic mass is 32.1. The van der Waals surface area contributed by atoms with Gasteiger partial charge in [0.05, 0.1) is 10.6 Å². The van der Waals surface area contributed by atoms with Crippen LogP contribution in [0.4, 0.5) is 11.4 Å². The average Bonchev–Trinajstić information content (AvgIpc) is 2.84. The summed E-state index contributed by atoms with van der Waals surface area (Å²) in [6, 6.07) is 4.90. The fourth-order valence-electron chi connectivity index (χ4n) is 1.54. The van der Waals surface area contributed by atoms with Crippen LogP contribution in [0.25, 0.3) is 0 Å². The zero-order valence-electron chi connectivity index (χ0n) is 9.59. The average molecular weight is 263 g/mol. The van der Waals surface area contributed by atoms with E-state index in [-0.39, 0.29) is 11.3 Å². The Morgan fingerprint density at radius 1 is 1.50 bits per heavy atom. The van der Waals surface area contributed by atoms with Gasteiger partial charge in [-0.05, 0) is 18.2 Å². The lowest BCUT2D eigenvalue weighted by Crippen LogP contribution is -2.07. The summed E-state index contributed by atoms with van der Waals surface area (Å²) >= 11 is 1.60. The standard InChI is InChI=1S/C12H13N3O2S/c13-10-2-1-8(7-9(10)12(16)17)14-4-3-11-15-5-6-18-11/h1-2,5-7,14H,3-4,13H2,(H,16,17). The van der Waals surface area contributed by atoms with E-state index in [1.54, 1.807) is 35.7 Å². The van der Waals surface area contributed by atoms with Crippen LogP contribution < -0.4 is 11.1 Å². The number of benzene rings is 1. The number of carboxylic acids is 1. The minimum Gasteiger partial charge on any atom is -0.478 e.